The Kier molecular flexibility index (Phi) is 5.95. The van der Waals surface area contributed by atoms with Crippen LogP contribution in [0.5, 0.6) is 0 Å². The lowest BCUT2D eigenvalue weighted by Crippen LogP contribution is -2.43. The zero-order valence-electron chi connectivity index (χ0n) is 14.1. The third-order valence-corrected chi connectivity index (χ3v) is 4.59. The lowest BCUT2D eigenvalue weighted by atomic mass is 10.0. The van der Waals surface area contributed by atoms with Crippen molar-refractivity contribution in [3.05, 3.63) is 35.4 Å². The van der Waals surface area contributed by atoms with E-state index in [9.17, 15) is 14.4 Å². The summed E-state index contributed by atoms with van der Waals surface area (Å²) >= 11 is 0. The summed E-state index contributed by atoms with van der Waals surface area (Å²) in [5.74, 6) is -1.80. The van der Waals surface area contributed by atoms with Crippen molar-refractivity contribution < 1.29 is 19.5 Å². The minimum absolute atomic E-state index is 0.0800. The van der Waals surface area contributed by atoms with Gasteiger partial charge in [0, 0.05) is 19.0 Å². The first-order chi connectivity index (χ1) is 11.4. The van der Waals surface area contributed by atoms with Crippen LogP contribution in [-0.2, 0) is 20.8 Å². The second-order valence-electron chi connectivity index (χ2n) is 6.32. The maximum atomic E-state index is 12.2. The number of carboxylic acid groups (broad SMARTS) is 1. The van der Waals surface area contributed by atoms with Gasteiger partial charge in [-0.1, -0.05) is 29.8 Å². The van der Waals surface area contributed by atoms with Gasteiger partial charge in [-0.15, -0.1) is 0 Å². The fourth-order valence-corrected chi connectivity index (χ4v) is 3.00. The van der Waals surface area contributed by atoms with Crippen molar-refractivity contribution in [2.45, 2.75) is 39.2 Å². The molecule has 1 fully saturated rings. The minimum atomic E-state index is -0.875. The normalized spacial score (nSPS) is 20.0. The van der Waals surface area contributed by atoms with E-state index >= 15 is 0 Å². The summed E-state index contributed by atoms with van der Waals surface area (Å²) < 4.78 is 0. The van der Waals surface area contributed by atoms with E-state index in [2.05, 4.69) is 5.32 Å². The Morgan fingerprint density at radius 3 is 2.50 bits per heavy atom. The zero-order chi connectivity index (χ0) is 17.7. The van der Waals surface area contributed by atoms with E-state index in [1.807, 2.05) is 31.2 Å². The summed E-state index contributed by atoms with van der Waals surface area (Å²) in [6, 6.07) is 7.66. The number of amides is 2. The van der Waals surface area contributed by atoms with E-state index in [0.717, 1.165) is 5.56 Å². The lowest BCUT2D eigenvalue weighted by Gasteiger charge is -2.23. The Labute approximate surface area is 141 Å². The van der Waals surface area contributed by atoms with Gasteiger partial charge in [0.15, 0.2) is 0 Å². The number of carbonyl (C=O) groups excluding carboxylic acids is 2. The van der Waals surface area contributed by atoms with Crippen LogP contribution in [0.1, 0.15) is 30.9 Å². The molecule has 2 rings (SSSR count). The Hall–Kier alpha value is -2.37. The summed E-state index contributed by atoms with van der Waals surface area (Å²) in [7, 11) is 0. The van der Waals surface area contributed by atoms with Gasteiger partial charge in [-0.05, 0) is 32.3 Å². The van der Waals surface area contributed by atoms with E-state index in [1.165, 1.54) is 5.56 Å². The maximum absolute atomic E-state index is 12.2. The fraction of sp³-hybridized carbons (Fsp3) is 0.500. The molecule has 2 N–H and O–H groups in total. The average molecular weight is 332 g/mol. The Morgan fingerprint density at radius 1 is 1.25 bits per heavy atom. The van der Waals surface area contributed by atoms with Gasteiger partial charge in [0.25, 0.3) is 0 Å². The molecule has 2 unspecified atom stereocenters. The third-order valence-electron chi connectivity index (χ3n) is 4.59. The second kappa shape index (κ2) is 7.95. The van der Waals surface area contributed by atoms with Gasteiger partial charge in [0.05, 0.1) is 12.5 Å². The van der Waals surface area contributed by atoms with E-state index in [4.69, 9.17) is 5.11 Å². The first kappa shape index (κ1) is 18.0. The monoisotopic (exact) mass is 332 g/mol. The molecule has 24 heavy (non-hydrogen) atoms. The molecular formula is C18H24N2O4. The van der Waals surface area contributed by atoms with Gasteiger partial charge in [0.1, 0.15) is 0 Å². The number of aliphatic carboxylic acids is 1. The van der Waals surface area contributed by atoms with Crippen molar-refractivity contribution >= 4 is 17.8 Å². The van der Waals surface area contributed by atoms with Crippen LogP contribution in [0.4, 0.5) is 0 Å². The zero-order valence-corrected chi connectivity index (χ0v) is 14.1. The van der Waals surface area contributed by atoms with Gasteiger partial charge in [-0.3, -0.25) is 14.4 Å². The lowest BCUT2D eigenvalue weighted by molar-refractivity contribution is -0.143. The number of likely N-dealkylation sites (tertiary alicyclic amines) is 1. The molecule has 6 heteroatoms. The molecule has 0 aromatic heterocycles. The highest BCUT2D eigenvalue weighted by molar-refractivity contribution is 5.86. The molecule has 0 aliphatic carbocycles. The quantitative estimate of drug-likeness (QED) is 0.824. The van der Waals surface area contributed by atoms with Gasteiger partial charge in [-0.2, -0.15) is 0 Å². The molecule has 0 bridgehead atoms. The highest BCUT2D eigenvalue weighted by Crippen LogP contribution is 2.24. The number of carboxylic acids is 1. The number of hydrogen-bond donors (Lipinski definition) is 2. The highest BCUT2D eigenvalue weighted by Gasteiger charge is 2.37. The van der Waals surface area contributed by atoms with E-state index in [1.54, 1.807) is 11.8 Å². The third kappa shape index (κ3) is 4.57. The van der Waals surface area contributed by atoms with E-state index < -0.39 is 11.9 Å². The molecule has 1 heterocycles. The Bertz CT molecular complexity index is 612. The van der Waals surface area contributed by atoms with Crippen LogP contribution < -0.4 is 5.32 Å². The number of carbonyl (C=O) groups is 3. The molecule has 130 valence electrons. The van der Waals surface area contributed by atoms with Crippen LogP contribution in [-0.4, -0.2) is 46.9 Å². The number of benzene rings is 1. The first-order valence-electron chi connectivity index (χ1n) is 8.23. The summed E-state index contributed by atoms with van der Waals surface area (Å²) in [6.45, 7) is 4.10. The van der Waals surface area contributed by atoms with E-state index in [-0.39, 0.29) is 24.4 Å². The second-order valence-corrected chi connectivity index (χ2v) is 6.32. The van der Waals surface area contributed by atoms with Crippen LogP contribution in [0.3, 0.4) is 0 Å². The van der Waals surface area contributed by atoms with Crippen LogP contribution in [0.2, 0.25) is 0 Å². The molecule has 2 atom stereocenters. The predicted molar refractivity (Wildman–Crippen MR) is 89.4 cm³/mol. The van der Waals surface area contributed by atoms with Gasteiger partial charge in [0.2, 0.25) is 11.8 Å². The molecule has 0 radical (unpaired) electrons. The minimum Gasteiger partial charge on any atom is -0.481 e. The molecule has 1 aliphatic heterocycles. The van der Waals surface area contributed by atoms with Crippen molar-refractivity contribution in [1.82, 2.24) is 10.2 Å². The smallest absolute Gasteiger partial charge is 0.308 e. The number of rotatable bonds is 6. The summed E-state index contributed by atoms with van der Waals surface area (Å²) in [6.07, 6.45) is 1.41. The van der Waals surface area contributed by atoms with Gasteiger partial charge < -0.3 is 15.3 Å². The van der Waals surface area contributed by atoms with Gasteiger partial charge in [-0.25, -0.2) is 0 Å². The molecule has 1 aromatic rings. The van der Waals surface area contributed by atoms with Crippen LogP contribution in [0, 0.1) is 12.8 Å². The Balaban J connectivity index is 1.74. The van der Waals surface area contributed by atoms with Crippen molar-refractivity contribution in [1.29, 1.82) is 0 Å². The Morgan fingerprint density at radius 2 is 1.92 bits per heavy atom. The predicted octanol–water partition coefficient (Wildman–Crippen LogP) is 1.37. The first-order valence-corrected chi connectivity index (χ1v) is 8.23. The number of aryl methyl sites for hydroxylation is 2. The van der Waals surface area contributed by atoms with Crippen molar-refractivity contribution in [2.24, 2.45) is 5.92 Å². The summed E-state index contributed by atoms with van der Waals surface area (Å²) in [5, 5.41) is 11.7. The molecule has 6 nitrogen and oxygen atoms in total. The summed E-state index contributed by atoms with van der Waals surface area (Å²) in [5.41, 5.74) is 2.26. The fourth-order valence-electron chi connectivity index (χ4n) is 3.00. The van der Waals surface area contributed by atoms with E-state index in [0.29, 0.717) is 25.8 Å². The average Bonchev–Trinajstić information content (AvgIpc) is 2.94. The van der Waals surface area contributed by atoms with Crippen LogP contribution in [0.25, 0.3) is 0 Å². The number of nitrogens with zero attached hydrogens (tertiary/aromatic N) is 1. The number of nitrogens with one attached hydrogen (secondary N) is 1. The number of hydrogen-bond acceptors (Lipinski definition) is 3. The topological polar surface area (TPSA) is 86.7 Å². The highest BCUT2D eigenvalue weighted by atomic mass is 16.4. The van der Waals surface area contributed by atoms with Crippen molar-refractivity contribution in [3.8, 4) is 0 Å². The van der Waals surface area contributed by atoms with Gasteiger partial charge >= 0.3 is 5.97 Å². The standard InChI is InChI=1S/C18H24N2O4/c1-12-3-5-14(6-4-12)7-8-16(21)19-11-17(22)20-10-9-15(13(20)2)18(23)24/h3-6,13,15H,7-11H2,1-2H3,(H,19,21)(H,23,24). The molecule has 1 aromatic carbocycles. The van der Waals surface area contributed by atoms with Crippen LogP contribution >= 0.6 is 0 Å². The molecular weight excluding hydrogens is 308 g/mol. The molecule has 2 amide bonds. The maximum Gasteiger partial charge on any atom is 0.308 e. The molecule has 0 spiro atoms. The SMILES string of the molecule is Cc1ccc(CCC(=O)NCC(=O)N2CCC(C(=O)O)C2C)cc1. The van der Waals surface area contributed by atoms with Crippen molar-refractivity contribution in [3.63, 3.8) is 0 Å². The van der Waals surface area contributed by atoms with Crippen molar-refractivity contribution in [2.75, 3.05) is 13.1 Å². The summed E-state index contributed by atoms with van der Waals surface area (Å²) in [4.78, 5) is 36.7. The molecule has 1 aliphatic rings. The van der Waals surface area contributed by atoms with Crippen LogP contribution in [0.15, 0.2) is 24.3 Å². The molecule has 1 saturated heterocycles. The largest absolute Gasteiger partial charge is 0.481 e. The molecule has 0 saturated carbocycles.